The molecular weight excluding hydrogens is 322 g/mol. The Hall–Kier alpha value is -2.34. The predicted molar refractivity (Wildman–Crippen MR) is 78.5 cm³/mol. The number of carboxylic acid groups (broad SMARTS) is 1. The number of hydrogen-bond donors (Lipinski definition) is 5. The van der Waals surface area contributed by atoms with Crippen molar-refractivity contribution in [1.82, 2.24) is 19.5 Å². The molecule has 0 bridgehead atoms. The first-order valence-corrected chi connectivity index (χ1v) is 7.22. The Balaban J connectivity index is 2.12. The zero-order chi connectivity index (χ0) is 17.6. The summed E-state index contributed by atoms with van der Waals surface area (Å²) in [4.78, 5) is 23.0. The molecule has 1 aliphatic heterocycles. The Morgan fingerprint density at radius 2 is 2.17 bits per heavy atom. The maximum atomic E-state index is 11.0. The van der Waals surface area contributed by atoms with Crippen LogP contribution in [0.1, 0.15) is 13.3 Å². The van der Waals surface area contributed by atoms with E-state index >= 15 is 0 Å². The molecule has 1 saturated heterocycles. The van der Waals surface area contributed by atoms with Gasteiger partial charge in [-0.1, -0.05) is 6.92 Å². The summed E-state index contributed by atoms with van der Waals surface area (Å²) in [6.07, 6.45) is -4.00. The normalized spacial score (nSPS) is 31.4. The summed E-state index contributed by atoms with van der Waals surface area (Å²) in [5.74, 6) is -1.44. The summed E-state index contributed by atoms with van der Waals surface area (Å²) in [5.41, 5.74) is 4.70. The third kappa shape index (κ3) is 2.13. The highest BCUT2D eigenvalue weighted by molar-refractivity contribution is 5.81. The summed E-state index contributed by atoms with van der Waals surface area (Å²) in [6.45, 7) is 1.67. The van der Waals surface area contributed by atoms with Gasteiger partial charge in [-0.15, -0.1) is 0 Å². The molecule has 0 radical (unpaired) electrons. The zero-order valence-electron chi connectivity index (χ0n) is 12.6. The highest BCUT2D eigenvalue weighted by Crippen LogP contribution is 2.41. The number of aromatic nitrogens is 4. The number of ether oxygens (including phenoxy) is 1. The lowest BCUT2D eigenvalue weighted by molar-refractivity contribution is -0.177. The average molecular weight is 339 g/mol. The molecule has 11 heteroatoms. The fourth-order valence-electron chi connectivity index (χ4n) is 3.01. The third-order valence-electron chi connectivity index (χ3n) is 4.30. The van der Waals surface area contributed by atoms with Gasteiger partial charge in [0.25, 0.3) is 0 Å². The molecule has 24 heavy (non-hydrogen) atoms. The number of carbonyl (C=O) groups is 1. The van der Waals surface area contributed by atoms with Gasteiger partial charge in [0.15, 0.2) is 23.3 Å². The van der Waals surface area contributed by atoms with Gasteiger partial charge >= 0.3 is 5.97 Å². The van der Waals surface area contributed by atoms with Gasteiger partial charge in [0, 0.05) is 0 Å². The van der Waals surface area contributed by atoms with E-state index < -0.39 is 36.1 Å². The van der Waals surface area contributed by atoms with E-state index in [1.165, 1.54) is 17.2 Å². The molecule has 6 N–H and O–H groups in total. The van der Waals surface area contributed by atoms with E-state index in [1.54, 1.807) is 6.92 Å². The van der Waals surface area contributed by atoms with Crippen LogP contribution in [0.5, 0.6) is 0 Å². The van der Waals surface area contributed by atoms with E-state index in [0.717, 1.165) is 0 Å². The van der Waals surface area contributed by atoms with E-state index in [2.05, 4.69) is 15.0 Å². The summed E-state index contributed by atoms with van der Waals surface area (Å²) in [7, 11) is 0. The predicted octanol–water partition coefficient (Wildman–Crippen LogP) is -1.96. The van der Waals surface area contributed by atoms with Gasteiger partial charge in [0.1, 0.15) is 30.2 Å². The van der Waals surface area contributed by atoms with Crippen molar-refractivity contribution in [2.24, 2.45) is 0 Å². The Morgan fingerprint density at radius 3 is 2.79 bits per heavy atom. The number of aliphatic carboxylic acids is 1. The van der Waals surface area contributed by atoms with Crippen molar-refractivity contribution in [1.29, 1.82) is 0 Å². The topological polar surface area (TPSA) is 177 Å². The van der Waals surface area contributed by atoms with Crippen molar-refractivity contribution < 1.29 is 30.0 Å². The van der Waals surface area contributed by atoms with E-state index in [0.29, 0.717) is 0 Å². The smallest absolute Gasteiger partial charge is 0.335 e. The minimum absolute atomic E-state index is 0.125. The number of imidazole rings is 1. The van der Waals surface area contributed by atoms with Gasteiger partial charge in [-0.2, -0.15) is 0 Å². The minimum atomic E-state index is -2.00. The molecule has 1 fully saturated rings. The molecule has 0 saturated carbocycles. The van der Waals surface area contributed by atoms with Gasteiger partial charge in [0.2, 0.25) is 0 Å². The van der Waals surface area contributed by atoms with Crippen LogP contribution in [-0.4, -0.2) is 70.3 Å². The average Bonchev–Trinajstić information content (AvgIpc) is 3.10. The van der Waals surface area contributed by atoms with Gasteiger partial charge in [-0.3, -0.25) is 4.57 Å². The molecule has 130 valence electrons. The lowest BCUT2D eigenvalue weighted by atomic mass is 9.98. The fourth-order valence-corrected chi connectivity index (χ4v) is 3.01. The van der Waals surface area contributed by atoms with Crippen molar-refractivity contribution in [3.63, 3.8) is 0 Å². The molecule has 3 rings (SSSR count). The molecule has 5 atom stereocenters. The number of aliphatic hydroxyl groups excluding tert-OH is 3. The van der Waals surface area contributed by atoms with Crippen LogP contribution in [-0.2, 0) is 15.3 Å². The van der Waals surface area contributed by atoms with E-state index in [-0.39, 0.29) is 23.4 Å². The Labute approximate surface area is 135 Å². The Bertz CT molecular complexity index is 781. The number of nitrogen functional groups attached to an aromatic ring is 1. The van der Waals surface area contributed by atoms with Crippen molar-refractivity contribution in [3.05, 3.63) is 12.7 Å². The maximum absolute atomic E-state index is 11.0. The summed E-state index contributed by atoms with van der Waals surface area (Å²) in [5, 5.41) is 39.4. The number of fused-ring (bicyclic) bond motifs is 1. The first kappa shape index (κ1) is 16.5. The number of nitrogens with zero attached hydrogens (tertiary/aromatic N) is 4. The van der Waals surface area contributed by atoms with Gasteiger partial charge in [-0.05, 0) is 6.42 Å². The first-order valence-electron chi connectivity index (χ1n) is 7.22. The van der Waals surface area contributed by atoms with Crippen molar-refractivity contribution in [3.8, 4) is 0 Å². The number of hydrogen-bond acceptors (Lipinski definition) is 9. The standard InChI is InChI=1S/C13H17N5O6/c1-2-13(9(21)6(19)8(24-13)7(20)12(22)23)18-4-17-5-10(14)15-3-16-11(5)18/h3-4,6-9,19-21H,2H2,1H3,(H,22,23)(H2,14,15,16)/t6-,7?,8+,9-,13-/m1/s1. The molecule has 1 aliphatic rings. The number of nitrogens with two attached hydrogens (primary N) is 1. The maximum Gasteiger partial charge on any atom is 0.335 e. The molecule has 3 heterocycles. The zero-order valence-corrected chi connectivity index (χ0v) is 12.6. The van der Waals surface area contributed by atoms with Crippen molar-refractivity contribution in [2.45, 2.75) is 43.5 Å². The van der Waals surface area contributed by atoms with E-state index in [4.69, 9.17) is 15.6 Å². The fraction of sp³-hybridized carbons (Fsp3) is 0.538. The number of aliphatic hydroxyl groups is 3. The van der Waals surface area contributed by atoms with E-state index in [1.807, 2.05) is 0 Å². The molecule has 2 aromatic rings. The lowest BCUT2D eigenvalue weighted by Gasteiger charge is -2.32. The third-order valence-corrected chi connectivity index (χ3v) is 4.30. The second kappa shape index (κ2) is 5.63. The molecule has 2 aromatic heterocycles. The van der Waals surface area contributed by atoms with Crippen LogP contribution in [0, 0.1) is 0 Å². The quantitative estimate of drug-likeness (QED) is 0.420. The molecule has 0 spiro atoms. The van der Waals surface area contributed by atoms with Gasteiger partial charge in [-0.25, -0.2) is 19.7 Å². The Morgan fingerprint density at radius 1 is 1.46 bits per heavy atom. The second-order valence-corrected chi connectivity index (χ2v) is 5.55. The monoisotopic (exact) mass is 339 g/mol. The number of rotatable bonds is 4. The van der Waals surface area contributed by atoms with Crippen LogP contribution in [0.15, 0.2) is 12.7 Å². The van der Waals surface area contributed by atoms with Crippen LogP contribution < -0.4 is 5.73 Å². The van der Waals surface area contributed by atoms with Gasteiger partial charge < -0.3 is 30.9 Å². The lowest BCUT2D eigenvalue weighted by Crippen LogP contribution is -2.45. The van der Waals surface area contributed by atoms with Crippen LogP contribution in [0.4, 0.5) is 5.82 Å². The molecule has 0 aliphatic carbocycles. The van der Waals surface area contributed by atoms with Gasteiger partial charge in [0.05, 0.1) is 6.33 Å². The molecule has 1 unspecified atom stereocenters. The molecule has 0 amide bonds. The Kier molecular flexibility index (Phi) is 3.87. The van der Waals surface area contributed by atoms with Crippen LogP contribution in [0.2, 0.25) is 0 Å². The molecule has 0 aromatic carbocycles. The molecular formula is C13H17N5O6. The highest BCUT2D eigenvalue weighted by Gasteiger charge is 2.58. The van der Waals surface area contributed by atoms with E-state index in [9.17, 15) is 20.1 Å². The summed E-state index contributed by atoms with van der Waals surface area (Å²) < 4.78 is 6.99. The van der Waals surface area contributed by atoms with Crippen LogP contribution in [0.3, 0.4) is 0 Å². The summed E-state index contributed by atoms with van der Waals surface area (Å²) in [6, 6.07) is 0. The van der Waals surface area contributed by atoms with Crippen LogP contribution >= 0.6 is 0 Å². The number of carboxylic acids is 1. The summed E-state index contributed by atoms with van der Waals surface area (Å²) >= 11 is 0. The minimum Gasteiger partial charge on any atom is -0.479 e. The molecule has 11 nitrogen and oxygen atoms in total. The largest absolute Gasteiger partial charge is 0.479 e. The number of anilines is 1. The van der Waals surface area contributed by atoms with Crippen LogP contribution in [0.25, 0.3) is 11.2 Å². The van der Waals surface area contributed by atoms with Crippen molar-refractivity contribution in [2.75, 3.05) is 5.73 Å². The second-order valence-electron chi connectivity index (χ2n) is 5.55. The SMILES string of the molecule is CC[C@@]1(n2cnc3c(N)ncnc32)O[C@H](C(O)C(=O)O)[C@@H](O)[C@H]1O. The van der Waals surface area contributed by atoms with Crippen molar-refractivity contribution >= 4 is 23.0 Å². The first-order chi connectivity index (χ1) is 11.3. The highest BCUT2D eigenvalue weighted by atomic mass is 16.6.